The van der Waals surface area contributed by atoms with Crippen molar-refractivity contribution in [3.05, 3.63) is 35.4 Å². The Balaban J connectivity index is 1.93. The zero-order valence-corrected chi connectivity index (χ0v) is 11.8. The molecule has 2 nitrogen and oxygen atoms in total. The maximum atomic E-state index is 12.6. The fraction of sp³-hybridized carbons (Fsp3) is 0.571. The van der Waals surface area contributed by atoms with E-state index in [2.05, 4.69) is 5.32 Å². The highest BCUT2D eigenvalue weighted by molar-refractivity contribution is 7.99. The van der Waals surface area contributed by atoms with Crippen LogP contribution in [0.4, 0.5) is 13.2 Å². The average Bonchev–Trinajstić information content (AvgIpc) is 2.45. The summed E-state index contributed by atoms with van der Waals surface area (Å²) < 4.78 is 37.8. The number of hydrogen-bond acceptors (Lipinski definition) is 3. The van der Waals surface area contributed by atoms with Gasteiger partial charge in [-0.05, 0) is 42.0 Å². The molecule has 1 fully saturated rings. The number of aliphatic hydroxyl groups excluding tert-OH is 1. The molecular formula is C14H18F3NOS. The first-order valence-electron chi connectivity index (χ1n) is 6.63. The zero-order chi connectivity index (χ0) is 14.6. The molecule has 1 aromatic carbocycles. The van der Waals surface area contributed by atoms with Crippen LogP contribution >= 0.6 is 11.8 Å². The summed E-state index contributed by atoms with van der Waals surface area (Å²) in [6.45, 7) is 0.288. The third-order valence-corrected chi connectivity index (χ3v) is 4.47. The van der Waals surface area contributed by atoms with Gasteiger partial charge in [-0.1, -0.05) is 12.1 Å². The third kappa shape index (κ3) is 4.40. The van der Waals surface area contributed by atoms with Crippen molar-refractivity contribution < 1.29 is 18.3 Å². The van der Waals surface area contributed by atoms with Crippen LogP contribution in [0.2, 0.25) is 0 Å². The topological polar surface area (TPSA) is 32.3 Å². The van der Waals surface area contributed by atoms with Gasteiger partial charge in [0.2, 0.25) is 0 Å². The predicted octanol–water partition coefficient (Wildman–Crippen LogP) is 3.22. The highest BCUT2D eigenvalue weighted by atomic mass is 32.2. The molecule has 20 heavy (non-hydrogen) atoms. The van der Waals surface area contributed by atoms with E-state index in [0.717, 1.165) is 36.5 Å². The number of rotatable bonds is 4. The molecule has 0 unspecified atom stereocenters. The van der Waals surface area contributed by atoms with Crippen molar-refractivity contribution in [2.45, 2.75) is 31.2 Å². The van der Waals surface area contributed by atoms with Gasteiger partial charge in [0.15, 0.2) is 0 Å². The maximum Gasteiger partial charge on any atom is 0.416 e. The molecule has 1 aliphatic rings. The largest absolute Gasteiger partial charge is 0.416 e. The van der Waals surface area contributed by atoms with Crippen molar-refractivity contribution in [3.8, 4) is 0 Å². The van der Waals surface area contributed by atoms with Gasteiger partial charge in [-0.15, -0.1) is 0 Å². The zero-order valence-electron chi connectivity index (χ0n) is 11.0. The monoisotopic (exact) mass is 305 g/mol. The summed E-state index contributed by atoms with van der Waals surface area (Å²) in [5.74, 6) is 2.19. The van der Waals surface area contributed by atoms with Gasteiger partial charge >= 0.3 is 6.18 Å². The van der Waals surface area contributed by atoms with Crippen molar-refractivity contribution >= 4 is 11.8 Å². The van der Waals surface area contributed by atoms with Gasteiger partial charge in [0.1, 0.15) is 0 Å². The van der Waals surface area contributed by atoms with Crippen molar-refractivity contribution in [3.63, 3.8) is 0 Å². The molecule has 112 valence electrons. The first-order chi connectivity index (χ1) is 9.47. The van der Waals surface area contributed by atoms with Crippen molar-refractivity contribution in [2.75, 3.05) is 18.1 Å². The van der Waals surface area contributed by atoms with Gasteiger partial charge < -0.3 is 10.4 Å². The van der Waals surface area contributed by atoms with Crippen LogP contribution < -0.4 is 5.32 Å². The van der Waals surface area contributed by atoms with Crippen LogP contribution in [0.15, 0.2) is 24.3 Å². The Hall–Kier alpha value is -0.720. The first kappa shape index (κ1) is 15.7. The Morgan fingerprint density at radius 1 is 1.30 bits per heavy atom. The standard InChI is InChI=1S/C14H18F3NOS/c15-14(16,17)11-3-1-2-10(8-11)13(19)9-18-12-4-6-20-7-5-12/h1-3,8,12-13,18-19H,4-7,9H2/t13-/m0/s1. The number of nitrogens with one attached hydrogen (secondary N) is 1. The number of thioether (sulfide) groups is 1. The SMILES string of the molecule is O[C@@H](CNC1CCSCC1)c1cccc(C(F)(F)F)c1. The number of benzene rings is 1. The fourth-order valence-electron chi connectivity index (χ4n) is 2.22. The molecule has 1 aromatic rings. The smallest absolute Gasteiger partial charge is 0.387 e. The van der Waals surface area contributed by atoms with Gasteiger partial charge in [-0.3, -0.25) is 0 Å². The van der Waals surface area contributed by atoms with E-state index < -0.39 is 17.8 Å². The van der Waals surface area contributed by atoms with E-state index in [0.29, 0.717) is 11.6 Å². The Morgan fingerprint density at radius 2 is 2.00 bits per heavy atom. The van der Waals surface area contributed by atoms with E-state index in [1.807, 2.05) is 11.8 Å². The summed E-state index contributed by atoms with van der Waals surface area (Å²) in [6, 6.07) is 5.25. The molecule has 0 aliphatic carbocycles. The van der Waals surface area contributed by atoms with E-state index in [1.165, 1.54) is 12.1 Å². The molecule has 0 radical (unpaired) electrons. The Labute approximate surface area is 120 Å². The molecule has 0 spiro atoms. The minimum atomic E-state index is -4.37. The summed E-state index contributed by atoms with van der Waals surface area (Å²) in [7, 11) is 0. The van der Waals surface area contributed by atoms with E-state index in [9.17, 15) is 18.3 Å². The van der Waals surface area contributed by atoms with Gasteiger partial charge in [0.05, 0.1) is 11.7 Å². The minimum absolute atomic E-state index is 0.288. The van der Waals surface area contributed by atoms with Gasteiger partial charge in [-0.25, -0.2) is 0 Å². The number of halogens is 3. The molecule has 0 amide bonds. The Kier molecular flexibility index (Phi) is 5.35. The lowest BCUT2D eigenvalue weighted by atomic mass is 10.0. The molecule has 2 N–H and O–H groups in total. The lowest BCUT2D eigenvalue weighted by Crippen LogP contribution is -2.35. The van der Waals surface area contributed by atoms with Gasteiger partial charge in [0.25, 0.3) is 0 Å². The highest BCUT2D eigenvalue weighted by Gasteiger charge is 2.30. The van der Waals surface area contributed by atoms with Crippen LogP contribution in [-0.4, -0.2) is 29.2 Å². The predicted molar refractivity (Wildman–Crippen MR) is 74.8 cm³/mol. The van der Waals surface area contributed by atoms with Crippen LogP contribution in [0.3, 0.4) is 0 Å². The summed E-state index contributed by atoms with van der Waals surface area (Å²) >= 11 is 1.91. The van der Waals surface area contributed by atoms with Gasteiger partial charge in [-0.2, -0.15) is 24.9 Å². The van der Waals surface area contributed by atoms with Crippen LogP contribution in [0, 0.1) is 0 Å². The molecule has 0 saturated carbocycles. The first-order valence-corrected chi connectivity index (χ1v) is 7.78. The summed E-state index contributed by atoms with van der Waals surface area (Å²) in [6.07, 6.45) is -3.20. The van der Waals surface area contributed by atoms with Crippen LogP contribution in [0.1, 0.15) is 30.1 Å². The van der Waals surface area contributed by atoms with Crippen molar-refractivity contribution in [1.29, 1.82) is 0 Å². The van der Waals surface area contributed by atoms with Crippen molar-refractivity contribution in [1.82, 2.24) is 5.32 Å². The molecular weight excluding hydrogens is 287 g/mol. The second-order valence-electron chi connectivity index (χ2n) is 4.93. The van der Waals surface area contributed by atoms with Crippen molar-refractivity contribution in [2.24, 2.45) is 0 Å². The number of aliphatic hydroxyl groups is 1. The van der Waals surface area contributed by atoms with E-state index >= 15 is 0 Å². The summed E-state index contributed by atoms with van der Waals surface area (Å²) in [5.41, 5.74) is -0.416. The number of alkyl halides is 3. The van der Waals surface area contributed by atoms with Crippen LogP contribution in [0.5, 0.6) is 0 Å². The van der Waals surface area contributed by atoms with E-state index in [1.54, 1.807) is 0 Å². The summed E-state index contributed by atoms with van der Waals surface area (Å²) in [5, 5.41) is 13.2. The molecule has 1 heterocycles. The van der Waals surface area contributed by atoms with E-state index in [-0.39, 0.29) is 6.54 Å². The van der Waals surface area contributed by atoms with Crippen LogP contribution in [0.25, 0.3) is 0 Å². The highest BCUT2D eigenvalue weighted by Crippen LogP contribution is 2.30. The van der Waals surface area contributed by atoms with E-state index in [4.69, 9.17) is 0 Å². The molecule has 6 heteroatoms. The molecule has 1 aliphatic heterocycles. The second-order valence-corrected chi connectivity index (χ2v) is 6.16. The fourth-order valence-corrected chi connectivity index (χ4v) is 3.33. The third-order valence-electron chi connectivity index (χ3n) is 3.42. The average molecular weight is 305 g/mol. The lowest BCUT2D eigenvalue weighted by molar-refractivity contribution is -0.137. The molecule has 0 aromatic heterocycles. The molecule has 1 atom stereocenters. The normalized spacial score (nSPS) is 19.0. The van der Waals surface area contributed by atoms with Gasteiger partial charge in [0, 0.05) is 12.6 Å². The molecule has 0 bridgehead atoms. The number of hydrogen-bond donors (Lipinski definition) is 2. The molecule has 1 saturated heterocycles. The summed E-state index contributed by atoms with van der Waals surface area (Å²) in [4.78, 5) is 0. The van der Waals surface area contributed by atoms with Crippen LogP contribution in [-0.2, 0) is 6.18 Å². The Bertz CT molecular complexity index is 433. The molecule has 2 rings (SSSR count). The minimum Gasteiger partial charge on any atom is -0.387 e. The second kappa shape index (κ2) is 6.83. The maximum absolute atomic E-state index is 12.6. The quantitative estimate of drug-likeness (QED) is 0.896. The Morgan fingerprint density at radius 3 is 2.65 bits per heavy atom. The lowest BCUT2D eigenvalue weighted by Gasteiger charge is -2.24.